The molecule has 3 heteroatoms. The molecular formula is C20H20N2O. The van der Waals surface area contributed by atoms with E-state index in [2.05, 4.69) is 42.1 Å². The summed E-state index contributed by atoms with van der Waals surface area (Å²) < 4.78 is 7.96. The highest BCUT2D eigenvalue weighted by molar-refractivity contribution is 5.57. The molecule has 1 aromatic heterocycles. The van der Waals surface area contributed by atoms with Crippen LogP contribution in [0.25, 0.3) is 11.4 Å². The molecule has 0 bridgehead atoms. The molecule has 0 radical (unpaired) electrons. The zero-order valence-electron chi connectivity index (χ0n) is 13.3. The first kappa shape index (κ1) is 14.1. The van der Waals surface area contributed by atoms with E-state index in [1.54, 1.807) is 0 Å². The molecule has 0 unspecified atom stereocenters. The topological polar surface area (TPSA) is 27.1 Å². The van der Waals surface area contributed by atoms with Gasteiger partial charge in [-0.05, 0) is 42.7 Å². The molecule has 0 N–H and O–H groups in total. The SMILES string of the molecule is Cn1cc(C2CC2)nc1-c1ccc(OCc2ccccc2)cc1. The third kappa shape index (κ3) is 3.14. The Morgan fingerprint density at radius 1 is 1.04 bits per heavy atom. The van der Waals surface area contributed by atoms with Crippen LogP contribution in [0.3, 0.4) is 0 Å². The molecule has 0 atom stereocenters. The summed E-state index contributed by atoms with van der Waals surface area (Å²) in [5.74, 6) is 2.60. The molecule has 3 aromatic rings. The molecule has 1 fully saturated rings. The van der Waals surface area contributed by atoms with Crippen molar-refractivity contribution in [1.29, 1.82) is 0 Å². The van der Waals surface area contributed by atoms with E-state index < -0.39 is 0 Å². The number of ether oxygens (including phenoxy) is 1. The van der Waals surface area contributed by atoms with Crippen LogP contribution in [0.5, 0.6) is 5.75 Å². The minimum atomic E-state index is 0.592. The number of aromatic nitrogens is 2. The van der Waals surface area contributed by atoms with Crippen LogP contribution in [0.2, 0.25) is 0 Å². The Balaban J connectivity index is 1.47. The normalized spacial score (nSPS) is 14.0. The zero-order chi connectivity index (χ0) is 15.6. The molecule has 2 aromatic carbocycles. The van der Waals surface area contributed by atoms with E-state index >= 15 is 0 Å². The van der Waals surface area contributed by atoms with Crippen molar-refractivity contribution in [3.8, 4) is 17.1 Å². The summed E-state index contributed by atoms with van der Waals surface area (Å²) in [6.45, 7) is 0.592. The van der Waals surface area contributed by atoms with E-state index in [0.717, 1.165) is 17.1 Å². The van der Waals surface area contributed by atoms with Gasteiger partial charge in [-0.25, -0.2) is 4.98 Å². The fraction of sp³-hybridized carbons (Fsp3) is 0.250. The van der Waals surface area contributed by atoms with Crippen LogP contribution in [0, 0.1) is 0 Å². The van der Waals surface area contributed by atoms with Gasteiger partial charge in [-0.3, -0.25) is 0 Å². The molecule has 0 aliphatic heterocycles. The highest BCUT2D eigenvalue weighted by Crippen LogP contribution is 2.40. The summed E-state index contributed by atoms with van der Waals surface area (Å²) in [5.41, 5.74) is 3.54. The van der Waals surface area contributed by atoms with Gasteiger partial charge in [0.15, 0.2) is 0 Å². The second-order valence-electron chi connectivity index (χ2n) is 6.17. The third-order valence-electron chi connectivity index (χ3n) is 4.25. The van der Waals surface area contributed by atoms with E-state index in [1.807, 2.05) is 30.3 Å². The minimum absolute atomic E-state index is 0.592. The first-order chi connectivity index (χ1) is 11.3. The average Bonchev–Trinajstić information content (AvgIpc) is 3.37. The molecule has 23 heavy (non-hydrogen) atoms. The quantitative estimate of drug-likeness (QED) is 0.692. The van der Waals surface area contributed by atoms with Gasteiger partial charge in [-0.15, -0.1) is 0 Å². The van der Waals surface area contributed by atoms with E-state index in [1.165, 1.54) is 24.1 Å². The van der Waals surface area contributed by atoms with Crippen LogP contribution in [0.1, 0.15) is 30.0 Å². The lowest BCUT2D eigenvalue weighted by Crippen LogP contribution is -1.95. The number of hydrogen-bond donors (Lipinski definition) is 0. The van der Waals surface area contributed by atoms with Crippen LogP contribution in [-0.2, 0) is 13.7 Å². The molecule has 0 amide bonds. The number of hydrogen-bond acceptors (Lipinski definition) is 2. The number of rotatable bonds is 5. The van der Waals surface area contributed by atoms with Crippen molar-refractivity contribution >= 4 is 0 Å². The molecule has 0 saturated heterocycles. The van der Waals surface area contributed by atoms with Crippen LogP contribution < -0.4 is 4.74 Å². The molecule has 4 rings (SSSR count). The maximum atomic E-state index is 5.84. The Kier molecular flexibility index (Phi) is 3.62. The second kappa shape index (κ2) is 5.92. The van der Waals surface area contributed by atoms with Crippen LogP contribution in [0.15, 0.2) is 60.8 Å². The van der Waals surface area contributed by atoms with Gasteiger partial charge in [0.25, 0.3) is 0 Å². The smallest absolute Gasteiger partial charge is 0.139 e. The molecule has 3 nitrogen and oxygen atoms in total. The van der Waals surface area contributed by atoms with Gasteiger partial charge in [-0.2, -0.15) is 0 Å². The maximum Gasteiger partial charge on any atom is 0.139 e. The Labute approximate surface area is 136 Å². The lowest BCUT2D eigenvalue weighted by Gasteiger charge is -2.07. The monoisotopic (exact) mass is 304 g/mol. The Hall–Kier alpha value is -2.55. The lowest BCUT2D eigenvalue weighted by atomic mass is 10.2. The summed E-state index contributed by atoms with van der Waals surface area (Å²) in [7, 11) is 2.06. The van der Waals surface area contributed by atoms with Gasteiger partial charge < -0.3 is 9.30 Å². The van der Waals surface area contributed by atoms with E-state index in [0.29, 0.717) is 12.5 Å². The van der Waals surface area contributed by atoms with Crippen molar-refractivity contribution in [1.82, 2.24) is 9.55 Å². The van der Waals surface area contributed by atoms with Gasteiger partial charge in [-0.1, -0.05) is 30.3 Å². The minimum Gasteiger partial charge on any atom is -0.489 e. The second-order valence-corrected chi connectivity index (χ2v) is 6.17. The zero-order valence-corrected chi connectivity index (χ0v) is 13.3. The van der Waals surface area contributed by atoms with Crippen molar-refractivity contribution in [3.05, 3.63) is 72.1 Å². The summed E-state index contributed by atoms with van der Waals surface area (Å²) >= 11 is 0. The van der Waals surface area contributed by atoms with Gasteiger partial charge in [0.1, 0.15) is 18.2 Å². The number of benzene rings is 2. The molecule has 0 spiro atoms. The number of nitrogens with zero attached hydrogens (tertiary/aromatic N) is 2. The van der Waals surface area contributed by atoms with Crippen LogP contribution in [0.4, 0.5) is 0 Å². The van der Waals surface area contributed by atoms with Gasteiger partial charge in [0, 0.05) is 24.7 Å². The molecular weight excluding hydrogens is 284 g/mol. The molecule has 1 aliphatic rings. The standard InChI is InChI=1S/C20H20N2O/c1-22-13-19(16-7-8-16)21-20(22)17-9-11-18(12-10-17)23-14-15-5-3-2-4-6-15/h2-6,9-13,16H,7-8,14H2,1H3. The van der Waals surface area contributed by atoms with Crippen molar-refractivity contribution in [2.45, 2.75) is 25.4 Å². The third-order valence-corrected chi connectivity index (χ3v) is 4.25. The van der Waals surface area contributed by atoms with Gasteiger partial charge in [0.05, 0.1) is 5.69 Å². The highest BCUT2D eigenvalue weighted by atomic mass is 16.5. The number of imidazole rings is 1. The van der Waals surface area contributed by atoms with Crippen LogP contribution in [-0.4, -0.2) is 9.55 Å². The summed E-state index contributed by atoms with van der Waals surface area (Å²) in [4.78, 5) is 4.79. The summed E-state index contributed by atoms with van der Waals surface area (Å²) in [6.07, 6.45) is 4.72. The van der Waals surface area contributed by atoms with Gasteiger partial charge >= 0.3 is 0 Å². The molecule has 116 valence electrons. The van der Waals surface area contributed by atoms with Gasteiger partial charge in [0.2, 0.25) is 0 Å². The fourth-order valence-electron chi connectivity index (χ4n) is 2.77. The summed E-state index contributed by atoms with van der Waals surface area (Å²) in [6, 6.07) is 18.4. The maximum absolute atomic E-state index is 5.84. The number of aryl methyl sites for hydroxylation is 1. The van der Waals surface area contributed by atoms with Crippen molar-refractivity contribution in [2.24, 2.45) is 7.05 Å². The van der Waals surface area contributed by atoms with Crippen molar-refractivity contribution in [2.75, 3.05) is 0 Å². The Morgan fingerprint density at radius 3 is 2.48 bits per heavy atom. The first-order valence-electron chi connectivity index (χ1n) is 8.10. The highest BCUT2D eigenvalue weighted by Gasteiger charge is 2.26. The molecule has 1 saturated carbocycles. The average molecular weight is 304 g/mol. The largest absolute Gasteiger partial charge is 0.489 e. The lowest BCUT2D eigenvalue weighted by molar-refractivity contribution is 0.306. The first-order valence-corrected chi connectivity index (χ1v) is 8.10. The van der Waals surface area contributed by atoms with E-state index in [-0.39, 0.29) is 0 Å². The molecule has 1 heterocycles. The van der Waals surface area contributed by atoms with Crippen LogP contribution >= 0.6 is 0 Å². The predicted molar refractivity (Wildman–Crippen MR) is 91.4 cm³/mol. The Morgan fingerprint density at radius 2 is 1.78 bits per heavy atom. The summed E-state index contributed by atoms with van der Waals surface area (Å²) in [5, 5.41) is 0. The molecule has 1 aliphatic carbocycles. The van der Waals surface area contributed by atoms with Crippen molar-refractivity contribution < 1.29 is 4.74 Å². The van der Waals surface area contributed by atoms with E-state index in [4.69, 9.17) is 9.72 Å². The Bertz CT molecular complexity index is 786. The van der Waals surface area contributed by atoms with Crippen molar-refractivity contribution in [3.63, 3.8) is 0 Å². The predicted octanol–water partition coefficient (Wildman–Crippen LogP) is 4.54. The van der Waals surface area contributed by atoms with E-state index in [9.17, 15) is 0 Å². The fourth-order valence-corrected chi connectivity index (χ4v) is 2.77.